The number of hydrogen-bond acceptors (Lipinski definition) is 6. The van der Waals surface area contributed by atoms with Crippen molar-refractivity contribution in [2.24, 2.45) is 13.0 Å². The van der Waals surface area contributed by atoms with Gasteiger partial charge in [0.15, 0.2) is 11.4 Å². The molecule has 1 unspecified atom stereocenters. The second-order valence-corrected chi connectivity index (χ2v) is 14.2. The van der Waals surface area contributed by atoms with Gasteiger partial charge in [0.05, 0.1) is 12.1 Å². The van der Waals surface area contributed by atoms with Gasteiger partial charge in [0, 0.05) is 30.4 Å². The van der Waals surface area contributed by atoms with Crippen LogP contribution >= 0.6 is 0 Å². The third kappa shape index (κ3) is 5.54. The molecule has 12 heteroatoms. The molecule has 2 amide bonds. The molecule has 1 aromatic heterocycles. The number of amides is 2. The predicted molar refractivity (Wildman–Crippen MR) is 164 cm³/mol. The Hall–Kier alpha value is -3.93. The highest BCUT2D eigenvalue weighted by molar-refractivity contribution is 6.10. The van der Waals surface area contributed by atoms with E-state index < -0.39 is 40.5 Å². The first kappa shape index (κ1) is 32.0. The number of hydrogen-bond donors (Lipinski definition) is 1. The second-order valence-electron chi connectivity index (χ2n) is 14.2. The standard InChI is InChI=1S/C34H40F3N5O4/c1-31(2,3)46-30(44)42(32(4)13-8-14-32)18-21-15-25-26(27(16-21)34(35,36)37)19-41(28(25)43)24-12-7-11-23(17-24)33(45,22-9-6-10-22)29-39-38-20-40(29)5/h7,11-12,15-17,20,22,45H,6,8-10,13-14,18-19H2,1-5H3. The van der Waals surface area contributed by atoms with Crippen LogP contribution in [0.25, 0.3) is 0 Å². The molecule has 0 bridgehead atoms. The summed E-state index contributed by atoms with van der Waals surface area (Å²) in [5.74, 6) is -0.338. The summed E-state index contributed by atoms with van der Waals surface area (Å²) in [4.78, 5) is 30.0. The number of nitrogens with zero attached hydrogens (tertiary/aromatic N) is 5. The molecule has 3 aromatic rings. The van der Waals surface area contributed by atoms with Crippen LogP contribution in [0.5, 0.6) is 0 Å². The van der Waals surface area contributed by atoms with E-state index in [1.54, 1.807) is 56.7 Å². The minimum absolute atomic E-state index is 0.0549. The van der Waals surface area contributed by atoms with Crippen molar-refractivity contribution >= 4 is 17.7 Å². The zero-order valence-electron chi connectivity index (χ0n) is 26.8. The number of benzene rings is 2. The van der Waals surface area contributed by atoms with Gasteiger partial charge in [0.1, 0.15) is 11.9 Å². The van der Waals surface area contributed by atoms with Gasteiger partial charge >= 0.3 is 12.3 Å². The average molecular weight is 640 g/mol. The topological polar surface area (TPSA) is 101 Å². The smallest absolute Gasteiger partial charge is 0.416 e. The van der Waals surface area contributed by atoms with Gasteiger partial charge in [-0.1, -0.05) is 18.6 Å². The molecular formula is C34H40F3N5O4. The van der Waals surface area contributed by atoms with Gasteiger partial charge in [0.2, 0.25) is 0 Å². The molecule has 2 fully saturated rings. The third-order valence-electron chi connectivity index (χ3n) is 9.79. The molecule has 1 atom stereocenters. The minimum atomic E-state index is -4.73. The van der Waals surface area contributed by atoms with Crippen molar-refractivity contribution in [1.29, 1.82) is 0 Å². The fraction of sp³-hybridized carbons (Fsp3) is 0.529. The highest BCUT2D eigenvalue weighted by atomic mass is 19.4. The highest BCUT2D eigenvalue weighted by Gasteiger charge is 2.48. The van der Waals surface area contributed by atoms with Gasteiger partial charge in [-0.2, -0.15) is 13.2 Å². The van der Waals surface area contributed by atoms with Gasteiger partial charge < -0.3 is 19.3 Å². The number of alkyl halides is 3. The molecule has 3 aliphatic rings. The fourth-order valence-electron chi connectivity index (χ4n) is 6.87. The molecule has 2 heterocycles. The van der Waals surface area contributed by atoms with Gasteiger partial charge in [-0.3, -0.25) is 9.69 Å². The summed E-state index contributed by atoms with van der Waals surface area (Å²) < 4.78 is 51.0. The van der Waals surface area contributed by atoms with Crippen molar-refractivity contribution in [1.82, 2.24) is 19.7 Å². The molecule has 2 aliphatic carbocycles. The number of carbonyl (C=O) groups is 2. The summed E-state index contributed by atoms with van der Waals surface area (Å²) in [6.45, 7) is 6.72. The molecule has 0 radical (unpaired) electrons. The first-order chi connectivity index (χ1) is 21.5. The molecule has 1 aliphatic heterocycles. The summed E-state index contributed by atoms with van der Waals surface area (Å²) in [5, 5.41) is 20.3. The number of halogens is 3. The Morgan fingerprint density at radius 3 is 2.39 bits per heavy atom. The van der Waals surface area contributed by atoms with E-state index in [0.717, 1.165) is 31.7 Å². The quantitative estimate of drug-likeness (QED) is 0.309. The molecular weight excluding hydrogens is 599 g/mol. The maximum atomic E-state index is 14.6. The lowest BCUT2D eigenvalue weighted by molar-refractivity contribution is -0.138. The van der Waals surface area contributed by atoms with E-state index in [9.17, 15) is 27.9 Å². The summed E-state index contributed by atoms with van der Waals surface area (Å²) in [6.07, 6.45) is 0.985. The Bertz CT molecular complexity index is 1670. The molecule has 2 aromatic carbocycles. The normalized spacial score (nSPS) is 19.2. The average Bonchev–Trinajstić information content (AvgIpc) is 3.50. The van der Waals surface area contributed by atoms with Crippen LogP contribution in [0.15, 0.2) is 42.7 Å². The molecule has 46 heavy (non-hydrogen) atoms. The summed E-state index contributed by atoms with van der Waals surface area (Å²) in [5.41, 5.74) is -2.84. The largest absolute Gasteiger partial charge is 0.444 e. The molecule has 0 spiro atoms. The molecule has 1 N–H and O–H groups in total. The number of ether oxygens (including phenoxy) is 1. The number of anilines is 1. The maximum Gasteiger partial charge on any atom is 0.416 e. The van der Waals surface area contributed by atoms with Gasteiger partial charge in [-0.25, -0.2) is 4.79 Å². The van der Waals surface area contributed by atoms with Gasteiger partial charge in [0.25, 0.3) is 5.91 Å². The van der Waals surface area contributed by atoms with Crippen molar-refractivity contribution in [3.05, 3.63) is 76.4 Å². The van der Waals surface area contributed by atoms with E-state index in [4.69, 9.17) is 4.74 Å². The zero-order valence-corrected chi connectivity index (χ0v) is 26.8. The van der Waals surface area contributed by atoms with Crippen LogP contribution in [0.3, 0.4) is 0 Å². The van der Waals surface area contributed by atoms with E-state index in [-0.39, 0.29) is 35.7 Å². The highest BCUT2D eigenvalue weighted by Crippen LogP contribution is 2.47. The zero-order chi connectivity index (χ0) is 33.2. The van der Waals surface area contributed by atoms with Crippen molar-refractivity contribution < 1.29 is 32.6 Å². The van der Waals surface area contributed by atoms with Crippen LogP contribution in [0.1, 0.15) is 105 Å². The number of fused-ring (bicyclic) bond motifs is 1. The summed E-state index contributed by atoms with van der Waals surface area (Å²) in [7, 11) is 1.75. The van der Waals surface area contributed by atoms with Gasteiger partial charge in [-0.05, 0) is 107 Å². The fourth-order valence-corrected chi connectivity index (χ4v) is 6.87. The molecule has 9 nitrogen and oxygen atoms in total. The van der Waals surface area contributed by atoms with E-state index in [1.165, 1.54) is 22.2 Å². The van der Waals surface area contributed by atoms with E-state index >= 15 is 0 Å². The number of aliphatic hydroxyl groups is 1. The summed E-state index contributed by atoms with van der Waals surface area (Å²) in [6, 6.07) is 9.27. The SMILES string of the molecule is Cn1cnnc1C(O)(c1cccc(N2Cc3c(cc(CN(C(=O)OC(C)(C)C)C4(C)CCC4)cc3C(F)(F)F)C2=O)c1)C1CCC1. The van der Waals surface area contributed by atoms with Crippen LogP contribution in [0, 0.1) is 5.92 Å². The first-order valence-corrected chi connectivity index (χ1v) is 15.7. The third-order valence-corrected chi connectivity index (χ3v) is 9.79. The lowest BCUT2D eigenvalue weighted by Crippen LogP contribution is -2.54. The summed E-state index contributed by atoms with van der Waals surface area (Å²) >= 11 is 0. The number of carbonyl (C=O) groups excluding carboxylic acids is 2. The lowest BCUT2D eigenvalue weighted by atomic mass is 9.69. The van der Waals surface area contributed by atoms with Crippen molar-refractivity contribution in [2.75, 3.05) is 4.90 Å². The van der Waals surface area contributed by atoms with Crippen LogP contribution in [-0.2, 0) is 36.7 Å². The predicted octanol–water partition coefficient (Wildman–Crippen LogP) is 6.71. The first-order valence-electron chi connectivity index (χ1n) is 15.7. The maximum absolute atomic E-state index is 14.6. The molecule has 246 valence electrons. The Labute approximate surface area is 266 Å². The number of rotatable bonds is 7. The van der Waals surface area contributed by atoms with Crippen molar-refractivity contribution in [3.8, 4) is 0 Å². The Balaban J connectivity index is 1.36. The van der Waals surface area contributed by atoms with Crippen LogP contribution < -0.4 is 4.90 Å². The molecule has 2 saturated carbocycles. The Kier molecular flexibility index (Phi) is 7.73. The van der Waals surface area contributed by atoms with Gasteiger partial charge in [-0.15, -0.1) is 10.2 Å². The van der Waals surface area contributed by atoms with Crippen molar-refractivity contribution in [3.63, 3.8) is 0 Å². The molecule has 0 saturated heterocycles. The van der Waals surface area contributed by atoms with E-state index in [1.807, 2.05) is 6.92 Å². The Morgan fingerprint density at radius 1 is 1.13 bits per heavy atom. The second kappa shape index (κ2) is 11.1. The van der Waals surface area contributed by atoms with E-state index in [2.05, 4.69) is 10.2 Å². The number of aryl methyl sites for hydroxylation is 1. The molecule has 6 rings (SSSR count). The number of aromatic nitrogens is 3. The van der Waals surface area contributed by atoms with Crippen LogP contribution in [-0.4, -0.2) is 47.9 Å². The van der Waals surface area contributed by atoms with E-state index in [0.29, 0.717) is 29.9 Å². The lowest BCUT2D eigenvalue weighted by Gasteiger charge is -2.47. The van der Waals surface area contributed by atoms with Crippen LogP contribution in [0.4, 0.5) is 23.7 Å². The minimum Gasteiger partial charge on any atom is -0.444 e. The van der Waals surface area contributed by atoms with Crippen LogP contribution in [0.2, 0.25) is 0 Å². The van der Waals surface area contributed by atoms with Crippen molar-refractivity contribution in [2.45, 2.75) is 102 Å². The Morgan fingerprint density at radius 2 is 1.85 bits per heavy atom. The monoisotopic (exact) mass is 639 g/mol.